The second kappa shape index (κ2) is 6.67. The van der Waals surface area contributed by atoms with Crippen molar-refractivity contribution in [3.63, 3.8) is 0 Å². The number of carbonyl (C=O) groups excluding carboxylic acids is 1. The molecular weight excluding hydrogens is 332 g/mol. The molecule has 1 amide bonds. The molecule has 0 atom stereocenters. The number of pyridine rings is 1. The summed E-state index contributed by atoms with van der Waals surface area (Å²) >= 11 is 0. The number of nitrogens with zero attached hydrogens (tertiary/aromatic N) is 1. The van der Waals surface area contributed by atoms with Gasteiger partial charge in [0.05, 0.1) is 19.2 Å². The van der Waals surface area contributed by atoms with E-state index >= 15 is 0 Å². The molecule has 1 aliphatic carbocycles. The van der Waals surface area contributed by atoms with E-state index in [-0.39, 0.29) is 17.0 Å². The van der Waals surface area contributed by atoms with E-state index in [4.69, 9.17) is 9.47 Å². The first kappa shape index (κ1) is 18.3. The molecule has 3 rings (SSSR count). The van der Waals surface area contributed by atoms with E-state index in [1.54, 1.807) is 26.3 Å². The van der Waals surface area contributed by atoms with Gasteiger partial charge < -0.3 is 19.4 Å². The van der Waals surface area contributed by atoms with Gasteiger partial charge in [0.1, 0.15) is 5.56 Å². The summed E-state index contributed by atoms with van der Waals surface area (Å²) in [5.41, 5.74) is -0.0190. The quantitative estimate of drug-likeness (QED) is 0.892. The molecule has 0 bridgehead atoms. The van der Waals surface area contributed by atoms with Gasteiger partial charge in [-0.25, -0.2) is 0 Å². The molecule has 0 spiro atoms. The molecule has 26 heavy (non-hydrogen) atoms. The van der Waals surface area contributed by atoms with Gasteiger partial charge in [-0.1, -0.05) is 0 Å². The summed E-state index contributed by atoms with van der Waals surface area (Å²) in [6.07, 6.45) is 2.34. The molecule has 0 saturated heterocycles. The van der Waals surface area contributed by atoms with Gasteiger partial charge in [0.25, 0.3) is 11.5 Å². The first-order valence-electron chi connectivity index (χ1n) is 8.87. The zero-order valence-electron chi connectivity index (χ0n) is 16.0. The highest BCUT2D eigenvalue weighted by Crippen LogP contribution is 2.37. The highest BCUT2D eigenvalue weighted by molar-refractivity contribution is 5.99. The van der Waals surface area contributed by atoms with E-state index in [0.717, 1.165) is 5.39 Å². The number of aromatic nitrogens is 1. The summed E-state index contributed by atoms with van der Waals surface area (Å²) in [6.45, 7) is 6.25. The summed E-state index contributed by atoms with van der Waals surface area (Å²) in [7, 11) is 3.23. The predicted molar refractivity (Wildman–Crippen MR) is 101 cm³/mol. The van der Waals surface area contributed by atoms with Gasteiger partial charge in [-0.2, -0.15) is 0 Å². The third-order valence-corrected chi connectivity index (χ3v) is 4.41. The Labute approximate surface area is 153 Å². The number of carbonyl (C=O) groups is 1. The lowest BCUT2D eigenvalue weighted by atomic mass is 10.1. The van der Waals surface area contributed by atoms with Crippen LogP contribution in [-0.2, 0) is 7.05 Å². The lowest BCUT2D eigenvalue weighted by Crippen LogP contribution is -2.43. The summed E-state index contributed by atoms with van der Waals surface area (Å²) in [5.74, 6) is 1.33. The van der Waals surface area contributed by atoms with Crippen molar-refractivity contribution < 1.29 is 14.3 Å². The van der Waals surface area contributed by atoms with Gasteiger partial charge >= 0.3 is 0 Å². The number of rotatable bonds is 5. The summed E-state index contributed by atoms with van der Waals surface area (Å²) in [5, 5.41) is 3.61. The fourth-order valence-corrected chi connectivity index (χ4v) is 2.89. The van der Waals surface area contributed by atoms with E-state index in [9.17, 15) is 9.59 Å². The standard InChI is InChI=1S/C20H26N2O4/c1-20(2,3)21-18(23)14-10-13-8-9-15(25-5)17(26-11-12-6-7-12)16(13)22(4)19(14)24/h8-10,12H,6-7,11H2,1-5H3,(H,21,23). The number of aryl methyl sites for hydroxylation is 1. The van der Waals surface area contributed by atoms with Crippen molar-refractivity contribution in [1.82, 2.24) is 9.88 Å². The smallest absolute Gasteiger partial charge is 0.263 e. The minimum absolute atomic E-state index is 0.119. The van der Waals surface area contributed by atoms with Crippen LogP contribution in [0.4, 0.5) is 0 Å². The van der Waals surface area contributed by atoms with Gasteiger partial charge in [0.15, 0.2) is 11.5 Å². The fourth-order valence-electron chi connectivity index (χ4n) is 2.89. The Morgan fingerprint density at radius 3 is 2.58 bits per heavy atom. The highest BCUT2D eigenvalue weighted by Gasteiger charge is 2.25. The van der Waals surface area contributed by atoms with Gasteiger partial charge in [-0.15, -0.1) is 0 Å². The Hall–Kier alpha value is -2.50. The number of ether oxygens (including phenoxy) is 2. The lowest BCUT2D eigenvalue weighted by molar-refractivity contribution is 0.0917. The van der Waals surface area contributed by atoms with Crippen LogP contribution in [-0.4, -0.2) is 29.7 Å². The molecular formula is C20H26N2O4. The van der Waals surface area contributed by atoms with Crippen molar-refractivity contribution in [3.8, 4) is 11.5 Å². The molecule has 1 aliphatic rings. The third-order valence-electron chi connectivity index (χ3n) is 4.41. The Morgan fingerprint density at radius 1 is 1.31 bits per heavy atom. The fraction of sp³-hybridized carbons (Fsp3) is 0.500. The number of fused-ring (bicyclic) bond motifs is 1. The monoisotopic (exact) mass is 358 g/mol. The Morgan fingerprint density at radius 2 is 2.00 bits per heavy atom. The molecule has 1 saturated carbocycles. The summed E-state index contributed by atoms with van der Waals surface area (Å²) in [4.78, 5) is 25.3. The van der Waals surface area contributed by atoms with Crippen molar-refractivity contribution in [3.05, 3.63) is 34.1 Å². The van der Waals surface area contributed by atoms with Crippen molar-refractivity contribution >= 4 is 16.8 Å². The van der Waals surface area contributed by atoms with Crippen LogP contribution in [0.3, 0.4) is 0 Å². The maximum absolute atomic E-state index is 12.8. The van der Waals surface area contributed by atoms with Gasteiger partial charge in [-0.3, -0.25) is 9.59 Å². The van der Waals surface area contributed by atoms with Gasteiger partial charge in [-0.05, 0) is 57.7 Å². The number of hydrogen-bond donors (Lipinski definition) is 1. The minimum Gasteiger partial charge on any atom is -0.493 e. The van der Waals surface area contributed by atoms with Gasteiger partial charge in [0, 0.05) is 18.0 Å². The second-order valence-electron chi connectivity index (χ2n) is 7.92. The number of amides is 1. The van der Waals surface area contributed by atoms with Gasteiger partial charge in [0.2, 0.25) is 0 Å². The number of benzene rings is 1. The van der Waals surface area contributed by atoms with Crippen LogP contribution in [0.1, 0.15) is 44.0 Å². The Kier molecular flexibility index (Phi) is 4.69. The highest BCUT2D eigenvalue weighted by atomic mass is 16.5. The predicted octanol–water partition coefficient (Wildman–Crippen LogP) is 2.86. The lowest BCUT2D eigenvalue weighted by Gasteiger charge is -2.21. The number of hydrogen-bond acceptors (Lipinski definition) is 4. The molecule has 2 aromatic rings. The minimum atomic E-state index is -0.421. The second-order valence-corrected chi connectivity index (χ2v) is 7.92. The average molecular weight is 358 g/mol. The molecule has 140 valence electrons. The molecule has 1 aromatic carbocycles. The van der Waals surface area contributed by atoms with Crippen molar-refractivity contribution in [1.29, 1.82) is 0 Å². The van der Waals surface area contributed by atoms with Crippen molar-refractivity contribution in [2.75, 3.05) is 13.7 Å². The molecule has 0 unspecified atom stereocenters. The van der Waals surface area contributed by atoms with Crippen LogP contribution in [0.2, 0.25) is 0 Å². The van der Waals surface area contributed by atoms with Crippen molar-refractivity contribution in [2.24, 2.45) is 13.0 Å². The molecule has 6 heteroatoms. The van der Waals surface area contributed by atoms with Crippen LogP contribution in [0, 0.1) is 5.92 Å². The number of nitrogens with one attached hydrogen (secondary N) is 1. The van der Waals surface area contributed by atoms with E-state index in [2.05, 4.69) is 5.32 Å². The maximum Gasteiger partial charge on any atom is 0.263 e. The molecule has 1 N–H and O–H groups in total. The maximum atomic E-state index is 12.8. The zero-order chi connectivity index (χ0) is 19.1. The molecule has 1 fully saturated rings. The van der Waals surface area contributed by atoms with E-state index < -0.39 is 5.54 Å². The Bertz CT molecular complexity index is 905. The first-order valence-corrected chi connectivity index (χ1v) is 8.87. The Balaban J connectivity index is 2.11. The topological polar surface area (TPSA) is 69.6 Å². The molecule has 1 heterocycles. The molecule has 0 aliphatic heterocycles. The average Bonchev–Trinajstić information content (AvgIpc) is 3.38. The molecule has 0 radical (unpaired) electrons. The molecule has 1 aromatic heterocycles. The van der Waals surface area contributed by atoms with Crippen LogP contribution >= 0.6 is 0 Å². The normalized spacial score (nSPS) is 14.3. The van der Waals surface area contributed by atoms with Crippen LogP contribution in [0.25, 0.3) is 10.9 Å². The van der Waals surface area contributed by atoms with Crippen LogP contribution in [0.15, 0.2) is 23.0 Å². The van der Waals surface area contributed by atoms with E-state index in [0.29, 0.717) is 29.5 Å². The SMILES string of the molecule is COc1ccc2cc(C(=O)NC(C)(C)C)c(=O)n(C)c2c1OCC1CC1. The largest absolute Gasteiger partial charge is 0.493 e. The van der Waals surface area contributed by atoms with E-state index in [1.165, 1.54) is 17.4 Å². The first-order chi connectivity index (χ1) is 12.2. The number of methoxy groups -OCH3 is 1. The zero-order valence-corrected chi connectivity index (χ0v) is 16.0. The van der Waals surface area contributed by atoms with Crippen LogP contribution in [0.5, 0.6) is 11.5 Å². The third kappa shape index (κ3) is 3.69. The van der Waals surface area contributed by atoms with Crippen LogP contribution < -0.4 is 20.3 Å². The summed E-state index contributed by atoms with van der Waals surface area (Å²) < 4.78 is 12.9. The molecule has 6 nitrogen and oxygen atoms in total. The summed E-state index contributed by atoms with van der Waals surface area (Å²) in [6, 6.07) is 5.27. The van der Waals surface area contributed by atoms with Crippen molar-refractivity contribution in [2.45, 2.75) is 39.2 Å². The van der Waals surface area contributed by atoms with E-state index in [1.807, 2.05) is 26.8 Å².